The maximum atomic E-state index is 4.41. The molecule has 0 fully saturated rings. The van der Waals surface area contributed by atoms with Crippen molar-refractivity contribution < 1.29 is 0 Å². The topological polar surface area (TPSA) is 51.0 Å². The van der Waals surface area contributed by atoms with Crippen LogP contribution < -0.4 is 0 Å². The molecule has 2 rings (SSSR count). The summed E-state index contributed by atoms with van der Waals surface area (Å²) in [5.41, 5.74) is 0.973. The zero-order valence-corrected chi connectivity index (χ0v) is 11.8. The van der Waals surface area contributed by atoms with Gasteiger partial charge in [-0.3, -0.25) is 4.98 Å². The van der Waals surface area contributed by atoms with E-state index >= 15 is 0 Å². The number of aromatic nitrogens is 3. The number of hydrogen-bond acceptors (Lipinski definition) is 7. The monoisotopic (exact) mass is 282 g/mol. The Bertz CT molecular complexity index is 503. The van der Waals surface area contributed by atoms with E-state index in [0.717, 1.165) is 14.9 Å². The van der Waals surface area contributed by atoms with E-state index in [0.29, 0.717) is 5.13 Å². The summed E-state index contributed by atoms with van der Waals surface area (Å²) in [6.45, 7) is 0. The lowest BCUT2D eigenvalue weighted by molar-refractivity contribution is 1.09. The zero-order chi connectivity index (χ0) is 12.1. The summed E-state index contributed by atoms with van der Waals surface area (Å²) in [6, 6.07) is 3.85. The van der Waals surface area contributed by atoms with Gasteiger partial charge in [0.25, 0.3) is 0 Å². The Labute approximate surface area is 112 Å². The Morgan fingerprint density at radius 2 is 2.12 bits per heavy atom. The Morgan fingerprint density at radius 3 is 2.76 bits per heavy atom. The molecule has 0 bridgehead atoms. The van der Waals surface area contributed by atoms with Crippen molar-refractivity contribution in [2.24, 2.45) is 4.99 Å². The van der Waals surface area contributed by atoms with E-state index in [9.17, 15) is 0 Å². The molecule has 0 radical (unpaired) electrons. The predicted octanol–water partition coefficient (Wildman–Crippen LogP) is 3.31. The first-order valence-electron chi connectivity index (χ1n) is 4.74. The van der Waals surface area contributed by atoms with Crippen LogP contribution in [0.5, 0.6) is 0 Å². The second-order valence-electron chi connectivity index (χ2n) is 2.92. The highest BCUT2D eigenvalue weighted by atomic mass is 32.2. The smallest absolute Gasteiger partial charge is 0.233 e. The molecule has 0 spiro atoms. The Morgan fingerprint density at radius 1 is 1.29 bits per heavy atom. The Hall–Kier alpha value is -0.920. The van der Waals surface area contributed by atoms with E-state index in [2.05, 4.69) is 20.2 Å². The third-order valence-electron chi connectivity index (χ3n) is 1.86. The average Bonchev–Trinajstić information content (AvgIpc) is 2.85. The van der Waals surface area contributed by atoms with Gasteiger partial charge >= 0.3 is 0 Å². The molecule has 0 atom stereocenters. The van der Waals surface area contributed by atoms with Crippen LogP contribution in [0.3, 0.4) is 0 Å². The average molecular weight is 282 g/mol. The molecule has 0 unspecified atom stereocenters. The summed E-state index contributed by atoms with van der Waals surface area (Å²) >= 11 is 4.69. The van der Waals surface area contributed by atoms with E-state index in [1.807, 2.05) is 24.6 Å². The molecule has 0 saturated heterocycles. The van der Waals surface area contributed by atoms with Gasteiger partial charge < -0.3 is 0 Å². The summed E-state index contributed by atoms with van der Waals surface area (Å²) in [6.07, 6.45) is 7.51. The van der Waals surface area contributed by atoms with Crippen LogP contribution in [-0.4, -0.2) is 32.1 Å². The molecule has 2 aromatic heterocycles. The molecular weight excluding hydrogens is 272 g/mol. The highest BCUT2D eigenvalue weighted by Gasteiger charge is 2.06. The first kappa shape index (κ1) is 12.5. The Balaban J connectivity index is 2.25. The molecule has 2 aromatic rings. The van der Waals surface area contributed by atoms with E-state index < -0.39 is 0 Å². The van der Waals surface area contributed by atoms with Gasteiger partial charge in [0.15, 0.2) is 5.01 Å². The van der Waals surface area contributed by atoms with Gasteiger partial charge in [-0.05, 0) is 24.6 Å². The number of nitrogens with zero attached hydrogens (tertiary/aromatic N) is 4. The summed E-state index contributed by atoms with van der Waals surface area (Å²) in [5, 5.41) is 9.69. The molecule has 17 heavy (non-hydrogen) atoms. The summed E-state index contributed by atoms with van der Waals surface area (Å²) in [7, 11) is 0. The zero-order valence-electron chi connectivity index (χ0n) is 9.32. The van der Waals surface area contributed by atoms with Crippen LogP contribution in [0.1, 0.15) is 0 Å². The SMILES string of the molecule is CSC(=Nc1nnc(-c2cccnc2)s1)SC. The minimum absolute atomic E-state index is 0.683. The van der Waals surface area contributed by atoms with Crippen LogP contribution in [0.4, 0.5) is 5.13 Å². The standard InChI is InChI=1S/C10H10N4S3/c1-15-10(16-2)12-9-14-13-8(17-9)7-4-3-5-11-6-7/h3-6H,1-2H3. The molecule has 0 amide bonds. The van der Waals surface area contributed by atoms with Crippen molar-refractivity contribution in [3.8, 4) is 10.6 Å². The quantitative estimate of drug-likeness (QED) is 0.625. The van der Waals surface area contributed by atoms with Gasteiger partial charge in [0.2, 0.25) is 5.13 Å². The molecule has 4 nitrogen and oxygen atoms in total. The second kappa shape index (κ2) is 6.13. The number of pyridine rings is 1. The van der Waals surface area contributed by atoms with Gasteiger partial charge in [0, 0.05) is 18.0 Å². The van der Waals surface area contributed by atoms with Crippen LogP contribution >= 0.6 is 34.9 Å². The van der Waals surface area contributed by atoms with Gasteiger partial charge in [0.05, 0.1) is 0 Å². The van der Waals surface area contributed by atoms with E-state index in [1.54, 1.807) is 35.9 Å². The molecule has 0 saturated carbocycles. The summed E-state index contributed by atoms with van der Waals surface area (Å²) < 4.78 is 0.985. The molecule has 0 N–H and O–H groups in total. The third-order valence-corrected chi connectivity index (χ3v) is 4.61. The van der Waals surface area contributed by atoms with Crippen LogP contribution in [0.25, 0.3) is 10.6 Å². The number of thioether (sulfide) groups is 2. The fraction of sp³-hybridized carbons (Fsp3) is 0.200. The van der Waals surface area contributed by atoms with Crippen molar-refractivity contribution in [1.29, 1.82) is 0 Å². The molecule has 0 aromatic carbocycles. The van der Waals surface area contributed by atoms with Crippen LogP contribution in [-0.2, 0) is 0 Å². The molecule has 2 heterocycles. The fourth-order valence-corrected chi connectivity index (χ4v) is 2.97. The maximum Gasteiger partial charge on any atom is 0.233 e. The van der Waals surface area contributed by atoms with Crippen molar-refractivity contribution in [2.75, 3.05) is 12.5 Å². The first-order valence-corrected chi connectivity index (χ1v) is 8.00. The lowest BCUT2D eigenvalue weighted by Gasteiger charge is -1.93. The Kier molecular flexibility index (Phi) is 4.52. The first-order chi connectivity index (χ1) is 8.33. The number of hydrogen-bond donors (Lipinski definition) is 0. The van der Waals surface area contributed by atoms with E-state index in [1.165, 1.54) is 11.3 Å². The van der Waals surface area contributed by atoms with Gasteiger partial charge in [0.1, 0.15) is 4.38 Å². The fourth-order valence-electron chi connectivity index (χ4n) is 1.12. The highest BCUT2D eigenvalue weighted by Crippen LogP contribution is 2.29. The van der Waals surface area contributed by atoms with Crippen molar-refractivity contribution >= 4 is 44.4 Å². The molecule has 0 aliphatic rings. The van der Waals surface area contributed by atoms with Crippen molar-refractivity contribution in [3.05, 3.63) is 24.5 Å². The lowest BCUT2D eigenvalue weighted by atomic mass is 10.3. The molecular formula is C10H10N4S3. The van der Waals surface area contributed by atoms with Gasteiger partial charge in [-0.1, -0.05) is 11.3 Å². The normalized spacial score (nSPS) is 10.2. The third kappa shape index (κ3) is 3.27. The van der Waals surface area contributed by atoms with E-state index in [4.69, 9.17) is 0 Å². The van der Waals surface area contributed by atoms with Crippen molar-refractivity contribution in [2.45, 2.75) is 0 Å². The van der Waals surface area contributed by atoms with E-state index in [-0.39, 0.29) is 0 Å². The predicted molar refractivity (Wildman–Crippen MR) is 77.3 cm³/mol. The highest BCUT2D eigenvalue weighted by molar-refractivity contribution is 8.38. The maximum absolute atomic E-state index is 4.41. The van der Waals surface area contributed by atoms with Gasteiger partial charge in [-0.15, -0.1) is 33.7 Å². The number of rotatable bonds is 2. The van der Waals surface area contributed by atoms with Crippen LogP contribution in [0.2, 0.25) is 0 Å². The largest absolute Gasteiger partial charge is 0.264 e. The summed E-state index contributed by atoms with van der Waals surface area (Å²) in [4.78, 5) is 8.47. The number of aliphatic imine (C=N–C) groups is 1. The minimum atomic E-state index is 0.683. The van der Waals surface area contributed by atoms with Gasteiger partial charge in [-0.2, -0.15) is 0 Å². The van der Waals surface area contributed by atoms with Crippen molar-refractivity contribution in [3.63, 3.8) is 0 Å². The molecule has 7 heteroatoms. The molecule has 0 aliphatic carbocycles. The second-order valence-corrected chi connectivity index (χ2v) is 5.72. The van der Waals surface area contributed by atoms with Crippen LogP contribution in [0.15, 0.2) is 29.5 Å². The van der Waals surface area contributed by atoms with Gasteiger partial charge in [-0.25, -0.2) is 4.99 Å². The van der Waals surface area contributed by atoms with Crippen LogP contribution in [0, 0.1) is 0 Å². The molecule has 88 valence electrons. The minimum Gasteiger partial charge on any atom is -0.264 e. The summed E-state index contributed by atoms with van der Waals surface area (Å²) in [5.74, 6) is 0. The molecule has 0 aliphatic heterocycles. The lowest BCUT2D eigenvalue weighted by Crippen LogP contribution is -1.80. The van der Waals surface area contributed by atoms with Crippen molar-refractivity contribution in [1.82, 2.24) is 15.2 Å².